The van der Waals surface area contributed by atoms with Crippen LogP contribution in [0, 0.1) is 0 Å². The van der Waals surface area contributed by atoms with Gasteiger partial charge in [0.15, 0.2) is 5.75 Å². The van der Waals surface area contributed by atoms with Crippen LogP contribution >= 0.6 is 31.9 Å². The smallest absolute Gasteiger partial charge is 0.154 e. The molecule has 0 bridgehead atoms. The minimum absolute atomic E-state index is 0.200. The standard InChI is InChI=1S/C7H6Br2O4S/c1-12-6-2-5(9)7(3-4(6)8)13-14(10)11/h2-3H,1H3,(H,10,11)/p-1. The molecular formula is C7H5Br2O4S-. The van der Waals surface area contributed by atoms with Crippen LogP contribution in [0.1, 0.15) is 0 Å². The fourth-order valence-electron chi connectivity index (χ4n) is 0.804. The van der Waals surface area contributed by atoms with Gasteiger partial charge in [-0.05, 0) is 37.9 Å². The zero-order valence-electron chi connectivity index (χ0n) is 6.95. The van der Waals surface area contributed by atoms with Gasteiger partial charge in [0.1, 0.15) is 17.1 Å². The van der Waals surface area contributed by atoms with Gasteiger partial charge in [0.2, 0.25) is 0 Å². The zero-order chi connectivity index (χ0) is 10.7. The Labute approximate surface area is 100 Å². The maximum atomic E-state index is 10.3. The van der Waals surface area contributed by atoms with Crippen LogP contribution < -0.4 is 8.92 Å². The van der Waals surface area contributed by atoms with Crippen molar-refractivity contribution in [2.24, 2.45) is 0 Å². The van der Waals surface area contributed by atoms with Gasteiger partial charge in [-0.3, -0.25) is 0 Å². The normalized spacial score (nSPS) is 12.3. The van der Waals surface area contributed by atoms with Crippen molar-refractivity contribution in [3.05, 3.63) is 21.1 Å². The van der Waals surface area contributed by atoms with Crippen molar-refractivity contribution in [3.8, 4) is 11.5 Å². The zero-order valence-corrected chi connectivity index (χ0v) is 10.9. The summed E-state index contributed by atoms with van der Waals surface area (Å²) in [6.07, 6.45) is 0. The second-order valence-corrected chi connectivity index (χ2v) is 4.49. The lowest BCUT2D eigenvalue weighted by molar-refractivity contribution is 0.409. The molecule has 0 fully saturated rings. The molecule has 1 aromatic carbocycles. The molecule has 1 atom stereocenters. The molecule has 0 saturated carbocycles. The molecule has 0 aliphatic rings. The van der Waals surface area contributed by atoms with E-state index < -0.39 is 11.4 Å². The summed E-state index contributed by atoms with van der Waals surface area (Å²) in [6.45, 7) is 0. The first kappa shape index (κ1) is 12.0. The van der Waals surface area contributed by atoms with Gasteiger partial charge in [0.05, 0.1) is 16.1 Å². The highest BCUT2D eigenvalue weighted by molar-refractivity contribution is 9.11. The highest BCUT2D eigenvalue weighted by Crippen LogP contribution is 2.36. The maximum Gasteiger partial charge on any atom is 0.154 e. The summed E-state index contributed by atoms with van der Waals surface area (Å²) in [5, 5.41) is 0. The van der Waals surface area contributed by atoms with E-state index in [0.717, 1.165) is 0 Å². The highest BCUT2D eigenvalue weighted by atomic mass is 79.9. The third kappa shape index (κ3) is 2.94. The highest BCUT2D eigenvalue weighted by Gasteiger charge is 2.08. The summed E-state index contributed by atoms with van der Waals surface area (Å²) in [6, 6.07) is 3.10. The summed E-state index contributed by atoms with van der Waals surface area (Å²) in [5.74, 6) is 0.784. The first-order chi connectivity index (χ1) is 6.54. The fourth-order valence-corrected chi connectivity index (χ4v) is 2.08. The summed E-state index contributed by atoms with van der Waals surface area (Å²) in [5.41, 5.74) is 0. The Bertz CT molecular complexity index is 369. The number of hydrogen-bond donors (Lipinski definition) is 0. The molecule has 0 heterocycles. The number of methoxy groups -OCH3 is 1. The fraction of sp³-hybridized carbons (Fsp3) is 0.143. The molecule has 0 aromatic heterocycles. The predicted molar refractivity (Wildman–Crippen MR) is 57.9 cm³/mol. The summed E-state index contributed by atoms with van der Waals surface area (Å²) < 4.78 is 31.2. The second-order valence-electron chi connectivity index (χ2n) is 2.20. The van der Waals surface area contributed by atoms with Gasteiger partial charge < -0.3 is 13.5 Å². The molecule has 0 aliphatic heterocycles. The molecule has 1 unspecified atom stereocenters. The molecular weight excluding hydrogens is 340 g/mol. The predicted octanol–water partition coefficient (Wildman–Crippen LogP) is 2.39. The molecule has 0 radical (unpaired) electrons. The summed E-state index contributed by atoms with van der Waals surface area (Å²) >= 11 is 3.77. The lowest BCUT2D eigenvalue weighted by atomic mass is 10.3. The third-order valence-corrected chi connectivity index (χ3v) is 2.92. The van der Waals surface area contributed by atoms with E-state index in [0.29, 0.717) is 14.7 Å². The number of halogens is 2. The van der Waals surface area contributed by atoms with Crippen LogP contribution in [-0.4, -0.2) is 15.9 Å². The molecule has 78 valence electrons. The first-order valence-corrected chi connectivity index (χ1v) is 5.94. The van der Waals surface area contributed by atoms with Gasteiger partial charge in [-0.15, -0.1) is 0 Å². The Kier molecular flexibility index (Phi) is 4.36. The van der Waals surface area contributed by atoms with Crippen LogP contribution in [0.2, 0.25) is 0 Å². The van der Waals surface area contributed by atoms with Crippen LogP contribution in [-0.2, 0) is 11.4 Å². The number of hydrogen-bond acceptors (Lipinski definition) is 4. The summed E-state index contributed by atoms with van der Waals surface area (Å²) in [7, 11) is 1.51. The molecule has 1 rings (SSSR count). The van der Waals surface area contributed by atoms with Crippen LogP contribution in [0.3, 0.4) is 0 Å². The molecule has 14 heavy (non-hydrogen) atoms. The van der Waals surface area contributed by atoms with E-state index in [1.54, 1.807) is 6.07 Å². The third-order valence-electron chi connectivity index (χ3n) is 1.36. The minimum Gasteiger partial charge on any atom is -0.740 e. The van der Waals surface area contributed by atoms with Crippen LogP contribution in [0.5, 0.6) is 11.5 Å². The molecule has 0 saturated heterocycles. The Morgan fingerprint density at radius 2 is 1.79 bits per heavy atom. The average molecular weight is 345 g/mol. The Morgan fingerprint density at radius 1 is 1.29 bits per heavy atom. The quantitative estimate of drug-likeness (QED) is 0.790. The largest absolute Gasteiger partial charge is 0.740 e. The van der Waals surface area contributed by atoms with Gasteiger partial charge in [0.25, 0.3) is 0 Å². The molecule has 0 amide bonds. The van der Waals surface area contributed by atoms with E-state index in [1.807, 2.05) is 0 Å². The van der Waals surface area contributed by atoms with Crippen molar-refractivity contribution < 1.29 is 17.7 Å². The maximum absolute atomic E-state index is 10.3. The van der Waals surface area contributed by atoms with Crippen LogP contribution in [0.4, 0.5) is 0 Å². The van der Waals surface area contributed by atoms with Crippen LogP contribution in [0.15, 0.2) is 21.1 Å². The van der Waals surface area contributed by atoms with Crippen molar-refractivity contribution in [1.82, 2.24) is 0 Å². The number of rotatable bonds is 3. The molecule has 0 N–H and O–H groups in total. The molecule has 7 heteroatoms. The summed E-state index contributed by atoms with van der Waals surface area (Å²) in [4.78, 5) is 0. The van der Waals surface area contributed by atoms with Gasteiger partial charge in [-0.25, -0.2) is 4.21 Å². The second kappa shape index (κ2) is 5.11. The van der Waals surface area contributed by atoms with Crippen molar-refractivity contribution in [1.29, 1.82) is 0 Å². The van der Waals surface area contributed by atoms with Gasteiger partial charge in [0, 0.05) is 6.07 Å². The van der Waals surface area contributed by atoms with E-state index in [1.165, 1.54) is 13.2 Å². The first-order valence-electron chi connectivity index (χ1n) is 3.35. The van der Waals surface area contributed by atoms with Crippen molar-refractivity contribution in [2.75, 3.05) is 7.11 Å². The lowest BCUT2D eigenvalue weighted by Crippen LogP contribution is -1.99. The van der Waals surface area contributed by atoms with Gasteiger partial charge >= 0.3 is 0 Å². The van der Waals surface area contributed by atoms with E-state index in [9.17, 15) is 8.76 Å². The van der Waals surface area contributed by atoms with E-state index >= 15 is 0 Å². The van der Waals surface area contributed by atoms with Gasteiger partial charge in [-0.2, -0.15) is 0 Å². The Hall–Kier alpha value is -0.110. The Balaban J connectivity index is 3.08. The molecule has 0 aliphatic carbocycles. The lowest BCUT2D eigenvalue weighted by Gasteiger charge is -2.11. The SMILES string of the molecule is COc1cc(Br)c(OS(=O)[O-])cc1Br. The van der Waals surface area contributed by atoms with E-state index in [4.69, 9.17) is 4.74 Å². The average Bonchev–Trinajstić information content (AvgIpc) is 2.10. The van der Waals surface area contributed by atoms with Gasteiger partial charge in [-0.1, -0.05) is 0 Å². The van der Waals surface area contributed by atoms with E-state index in [-0.39, 0.29) is 5.75 Å². The minimum atomic E-state index is -2.59. The number of benzene rings is 1. The monoisotopic (exact) mass is 343 g/mol. The Morgan fingerprint density at radius 3 is 2.29 bits per heavy atom. The van der Waals surface area contributed by atoms with E-state index in [2.05, 4.69) is 36.0 Å². The van der Waals surface area contributed by atoms with Crippen molar-refractivity contribution in [3.63, 3.8) is 0 Å². The topological polar surface area (TPSA) is 58.6 Å². The van der Waals surface area contributed by atoms with Crippen LogP contribution in [0.25, 0.3) is 0 Å². The van der Waals surface area contributed by atoms with Crippen molar-refractivity contribution in [2.45, 2.75) is 0 Å². The number of ether oxygens (including phenoxy) is 1. The molecule has 1 aromatic rings. The molecule has 0 spiro atoms. The van der Waals surface area contributed by atoms with Crippen molar-refractivity contribution >= 4 is 43.2 Å². The molecule has 4 nitrogen and oxygen atoms in total.